The van der Waals surface area contributed by atoms with Crippen molar-refractivity contribution < 1.29 is 14.5 Å². The SMILES string of the molecule is NC(=O)CNC(=O)c1cccc(Cl)c1[N+](=O)[O-]. The highest BCUT2D eigenvalue weighted by Gasteiger charge is 2.23. The van der Waals surface area contributed by atoms with Crippen molar-refractivity contribution >= 4 is 29.1 Å². The van der Waals surface area contributed by atoms with E-state index >= 15 is 0 Å². The van der Waals surface area contributed by atoms with Crippen LogP contribution in [-0.2, 0) is 4.79 Å². The van der Waals surface area contributed by atoms with Crippen LogP contribution >= 0.6 is 11.6 Å². The molecule has 1 rings (SSSR count). The van der Waals surface area contributed by atoms with Gasteiger partial charge in [-0.25, -0.2) is 0 Å². The summed E-state index contributed by atoms with van der Waals surface area (Å²) in [5.41, 5.74) is 4.11. The highest BCUT2D eigenvalue weighted by atomic mass is 35.5. The van der Waals surface area contributed by atoms with Crippen molar-refractivity contribution in [2.24, 2.45) is 5.73 Å². The van der Waals surface area contributed by atoms with Gasteiger partial charge in [0.05, 0.1) is 11.5 Å². The van der Waals surface area contributed by atoms with E-state index < -0.39 is 29.0 Å². The number of rotatable bonds is 4. The molecular weight excluding hydrogens is 250 g/mol. The average molecular weight is 258 g/mol. The molecule has 0 unspecified atom stereocenters. The van der Waals surface area contributed by atoms with Gasteiger partial charge in [0.2, 0.25) is 5.91 Å². The minimum atomic E-state index is -0.780. The number of hydrogen-bond acceptors (Lipinski definition) is 4. The number of carbonyl (C=O) groups excluding carboxylic acids is 2. The highest BCUT2D eigenvalue weighted by molar-refractivity contribution is 6.33. The van der Waals surface area contributed by atoms with Gasteiger partial charge in [0, 0.05) is 0 Å². The molecule has 0 aliphatic heterocycles. The fourth-order valence-corrected chi connectivity index (χ4v) is 1.39. The van der Waals surface area contributed by atoms with E-state index in [-0.39, 0.29) is 10.6 Å². The fraction of sp³-hybridized carbons (Fsp3) is 0.111. The van der Waals surface area contributed by atoms with Crippen LogP contribution in [0.2, 0.25) is 5.02 Å². The van der Waals surface area contributed by atoms with Gasteiger partial charge < -0.3 is 11.1 Å². The molecule has 0 saturated carbocycles. The summed E-state index contributed by atoms with van der Waals surface area (Å²) in [6.45, 7) is -0.400. The van der Waals surface area contributed by atoms with Gasteiger partial charge in [-0.1, -0.05) is 17.7 Å². The third kappa shape index (κ3) is 3.15. The molecule has 0 saturated heterocycles. The average Bonchev–Trinajstić information content (AvgIpc) is 2.24. The summed E-state index contributed by atoms with van der Waals surface area (Å²) in [5.74, 6) is -1.53. The van der Waals surface area contributed by atoms with Crippen molar-refractivity contribution in [1.82, 2.24) is 5.32 Å². The first-order chi connectivity index (χ1) is 7.93. The molecule has 0 fully saturated rings. The van der Waals surface area contributed by atoms with Gasteiger partial charge in [0.25, 0.3) is 5.91 Å². The maximum Gasteiger partial charge on any atom is 0.300 e. The van der Waals surface area contributed by atoms with E-state index in [1.54, 1.807) is 0 Å². The molecule has 8 heteroatoms. The van der Waals surface area contributed by atoms with Crippen molar-refractivity contribution in [3.8, 4) is 0 Å². The van der Waals surface area contributed by atoms with Gasteiger partial charge in [-0.05, 0) is 12.1 Å². The van der Waals surface area contributed by atoms with Crippen LogP contribution in [0.1, 0.15) is 10.4 Å². The van der Waals surface area contributed by atoms with Crippen molar-refractivity contribution in [1.29, 1.82) is 0 Å². The number of halogens is 1. The Kier molecular flexibility index (Phi) is 4.00. The zero-order chi connectivity index (χ0) is 13.0. The molecule has 0 bridgehead atoms. The summed E-state index contributed by atoms with van der Waals surface area (Å²) >= 11 is 5.62. The standard InChI is InChI=1S/C9H8ClN3O4/c10-6-3-1-2-5(8(6)13(16)17)9(15)12-4-7(11)14/h1-3H,4H2,(H2,11,14)(H,12,15). The van der Waals surface area contributed by atoms with Crippen LogP contribution < -0.4 is 11.1 Å². The number of benzene rings is 1. The molecule has 0 spiro atoms. The van der Waals surface area contributed by atoms with Crippen molar-refractivity contribution in [3.05, 3.63) is 38.9 Å². The molecule has 0 atom stereocenters. The van der Waals surface area contributed by atoms with Gasteiger partial charge in [-0.3, -0.25) is 19.7 Å². The molecule has 2 amide bonds. The van der Waals surface area contributed by atoms with Crippen molar-refractivity contribution in [2.75, 3.05) is 6.54 Å². The Morgan fingerprint density at radius 1 is 1.47 bits per heavy atom. The summed E-state index contributed by atoms with van der Waals surface area (Å²) in [4.78, 5) is 32.0. The van der Waals surface area contributed by atoms with Crippen LogP contribution in [0.5, 0.6) is 0 Å². The van der Waals surface area contributed by atoms with Crippen LogP contribution in [0, 0.1) is 10.1 Å². The Balaban J connectivity index is 3.05. The van der Waals surface area contributed by atoms with Crippen molar-refractivity contribution in [3.63, 3.8) is 0 Å². The minimum absolute atomic E-state index is 0.151. The Morgan fingerprint density at radius 2 is 2.12 bits per heavy atom. The third-order valence-electron chi connectivity index (χ3n) is 1.84. The highest BCUT2D eigenvalue weighted by Crippen LogP contribution is 2.27. The predicted octanol–water partition coefficient (Wildman–Crippen LogP) is 0.463. The molecule has 0 radical (unpaired) electrons. The van der Waals surface area contributed by atoms with Crippen LogP contribution in [0.3, 0.4) is 0 Å². The molecule has 0 aliphatic carbocycles. The second kappa shape index (κ2) is 5.26. The fourth-order valence-electron chi connectivity index (χ4n) is 1.15. The number of amides is 2. The first kappa shape index (κ1) is 12.9. The monoisotopic (exact) mass is 257 g/mol. The number of para-hydroxylation sites is 1. The van der Waals surface area contributed by atoms with E-state index in [4.69, 9.17) is 17.3 Å². The lowest BCUT2D eigenvalue weighted by molar-refractivity contribution is -0.385. The van der Waals surface area contributed by atoms with Crippen LogP contribution in [-0.4, -0.2) is 23.3 Å². The smallest absolute Gasteiger partial charge is 0.300 e. The molecule has 0 aliphatic rings. The molecule has 0 aromatic heterocycles. The summed E-state index contributed by atoms with van der Waals surface area (Å²) in [7, 11) is 0. The maximum absolute atomic E-state index is 11.5. The maximum atomic E-state index is 11.5. The number of nitro groups is 1. The summed E-state index contributed by atoms with van der Waals surface area (Å²) in [6, 6.07) is 3.93. The Labute approximate surface area is 101 Å². The number of primary amides is 1. The van der Waals surface area contributed by atoms with Gasteiger partial charge in [0.15, 0.2) is 0 Å². The molecule has 0 heterocycles. The predicted molar refractivity (Wildman–Crippen MR) is 59.6 cm³/mol. The molecule has 7 nitrogen and oxygen atoms in total. The third-order valence-corrected chi connectivity index (χ3v) is 2.14. The largest absolute Gasteiger partial charge is 0.368 e. The Hall–Kier alpha value is -2.15. The van der Waals surface area contributed by atoms with E-state index in [1.165, 1.54) is 18.2 Å². The zero-order valence-electron chi connectivity index (χ0n) is 8.47. The van der Waals surface area contributed by atoms with E-state index in [9.17, 15) is 19.7 Å². The number of hydrogen-bond donors (Lipinski definition) is 2. The molecule has 90 valence electrons. The van der Waals surface area contributed by atoms with E-state index in [0.29, 0.717) is 0 Å². The molecule has 1 aromatic rings. The summed E-state index contributed by atoms with van der Waals surface area (Å²) in [6.07, 6.45) is 0. The first-order valence-corrected chi connectivity index (χ1v) is 4.80. The van der Waals surface area contributed by atoms with Crippen LogP contribution in [0.25, 0.3) is 0 Å². The summed E-state index contributed by atoms with van der Waals surface area (Å²) < 4.78 is 0. The van der Waals surface area contributed by atoms with Gasteiger partial charge in [-0.15, -0.1) is 0 Å². The van der Waals surface area contributed by atoms with Crippen LogP contribution in [0.15, 0.2) is 18.2 Å². The number of carbonyl (C=O) groups is 2. The molecular formula is C9H8ClN3O4. The van der Waals surface area contributed by atoms with E-state index in [2.05, 4.69) is 5.32 Å². The first-order valence-electron chi connectivity index (χ1n) is 4.43. The minimum Gasteiger partial charge on any atom is -0.368 e. The second-order valence-electron chi connectivity index (χ2n) is 3.04. The van der Waals surface area contributed by atoms with Crippen LogP contribution in [0.4, 0.5) is 5.69 Å². The van der Waals surface area contributed by atoms with E-state index in [0.717, 1.165) is 0 Å². The number of nitrogens with zero attached hydrogens (tertiary/aromatic N) is 1. The molecule has 17 heavy (non-hydrogen) atoms. The number of nitrogens with two attached hydrogens (primary N) is 1. The second-order valence-corrected chi connectivity index (χ2v) is 3.45. The Morgan fingerprint density at radius 3 is 2.65 bits per heavy atom. The lowest BCUT2D eigenvalue weighted by Crippen LogP contribution is -2.33. The summed E-state index contributed by atoms with van der Waals surface area (Å²) in [5, 5.41) is 12.7. The molecule has 1 aromatic carbocycles. The van der Waals surface area contributed by atoms with Gasteiger partial charge >= 0.3 is 5.69 Å². The Bertz CT molecular complexity index is 489. The van der Waals surface area contributed by atoms with Gasteiger partial charge in [0.1, 0.15) is 10.6 Å². The topological polar surface area (TPSA) is 115 Å². The number of nitrogens with one attached hydrogen (secondary N) is 1. The number of nitro benzene ring substituents is 1. The quantitative estimate of drug-likeness (QED) is 0.602. The lowest BCUT2D eigenvalue weighted by atomic mass is 10.1. The lowest BCUT2D eigenvalue weighted by Gasteiger charge is -2.04. The normalized spacial score (nSPS) is 9.71. The van der Waals surface area contributed by atoms with Gasteiger partial charge in [-0.2, -0.15) is 0 Å². The van der Waals surface area contributed by atoms with Crippen molar-refractivity contribution in [2.45, 2.75) is 0 Å². The molecule has 3 N–H and O–H groups in total. The zero-order valence-corrected chi connectivity index (χ0v) is 9.23. The van der Waals surface area contributed by atoms with E-state index in [1.807, 2.05) is 0 Å².